The predicted octanol–water partition coefficient (Wildman–Crippen LogP) is 4.80. The molecule has 10 heteroatoms. The number of aromatic hydroxyl groups is 1. The van der Waals surface area contributed by atoms with Crippen LogP contribution in [-0.2, 0) is 4.74 Å². The van der Waals surface area contributed by atoms with Crippen molar-refractivity contribution in [1.82, 2.24) is 10.1 Å². The molecule has 0 bridgehead atoms. The van der Waals surface area contributed by atoms with Gasteiger partial charge in [0, 0.05) is 24.1 Å². The van der Waals surface area contributed by atoms with Crippen LogP contribution in [0.2, 0.25) is 0 Å². The summed E-state index contributed by atoms with van der Waals surface area (Å²) in [5.74, 6) is 1.42. The summed E-state index contributed by atoms with van der Waals surface area (Å²) in [6, 6.07) is 11.9. The van der Waals surface area contributed by atoms with E-state index < -0.39 is 6.09 Å². The smallest absolute Gasteiger partial charge is 0.434 e. The van der Waals surface area contributed by atoms with Gasteiger partial charge in [-0.2, -0.15) is 9.98 Å². The molecule has 2 aromatic carbocycles. The summed E-state index contributed by atoms with van der Waals surface area (Å²) in [7, 11) is 1.25. The Balaban J connectivity index is 2.09. The van der Waals surface area contributed by atoms with Crippen LogP contribution < -0.4 is 4.74 Å². The van der Waals surface area contributed by atoms with Gasteiger partial charge in [-0.15, -0.1) is 11.8 Å². The van der Waals surface area contributed by atoms with Crippen LogP contribution in [0.4, 0.5) is 10.5 Å². The van der Waals surface area contributed by atoms with E-state index in [1.54, 1.807) is 31.4 Å². The van der Waals surface area contributed by atoms with Crippen molar-refractivity contribution in [3.63, 3.8) is 0 Å². The number of phenolic OH excluding ortho intramolecular Hbond substituents is 1. The Kier molecular flexibility index (Phi) is 7.61. The van der Waals surface area contributed by atoms with Gasteiger partial charge in [0.2, 0.25) is 11.7 Å². The standard InChI is InChI=1S/C22H22N4O5S/c1-5-30-18-11-15(10-17(27)12-18)19(21(32-4)25-22(28)29-3)24-16-8-6-14(7-9-16)20-23-13(2)31-26-20/h6-12,27H,5H2,1-4H3/b24-19+,25-21-. The Morgan fingerprint density at radius 2 is 1.97 bits per heavy atom. The highest BCUT2D eigenvalue weighted by Gasteiger charge is 2.17. The second-order valence-electron chi connectivity index (χ2n) is 6.38. The summed E-state index contributed by atoms with van der Waals surface area (Å²) in [6.07, 6.45) is 1.01. The summed E-state index contributed by atoms with van der Waals surface area (Å²) >= 11 is 1.23. The molecule has 0 aliphatic carbocycles. The lowest BCUT2D eigenvalue weighted by molar-refractivity contribution is 0.183. The number of carbonyl (C=O) groups excluding carboxylic acids is 1. The molecule has 166 valence electrons. The second-order valence-corrected chi connectivity index (χ2v) is 7.18. The number of thioether (sulfide) groups is 1. The van der Waals surface area contributed by atoms with Crippen LogP contribution in [0.25, 0.3) is 11.4 Å². The number of aliphatic imine (C=N–C) groups is 2. The normalized spacial score (nSPS) is 12.0. The van der Waals surface area contributed by atoms with Crippen molar-refractivity contribution in [2.24, 2.45) is 9.98 Å². The molecule has 0 fully saturated rings. The molecule has 0 atom stereocenters. The van der Waals surface area contributed by atoms with E-state index in [0.717, 1.165) is 5.56 Å². The van der Waals surface area contributed by atoms with E-state index >= 15 is 0 Å². The third-order valence-corrected chi connectivity index (χ3v) is 4.80. The van der Waals surface area contributed by atoms with E-state index in [-0.39, 0.29) is 5.75 Å². The van der Waals surface area contributed by atoms with E-state index in [0.29, 0.717) is 46.1 Å². The Morgan fingerprint density at radius 3 is 2.56 bits per heavy atom. The predicted molar refractivity (Wildman–Crippen MR) is 123 cm³/mol. The molecule has 0 aliphatic rings. The number of methoxy groups -OCH3 is 1. The molecule has 1 aromatic heterocycles. The summed E-state index contributed by atoms with van der Waals surface area (Å²) in [4.78, 5) is 24.7. The monoisotopic (exact) mass is 454 g/mol. The lowest BCUT2D eigenvalue weighted by Crippen LogP contribution is -2.14. The fourth-order valence-corrected chi connectivity index (χ4v) is 3.28. The highest BCUT2D eigenvalue weighted by molar-refractivity contribution is 8.15. The summed E-state index contributed by atoms with van der Waals surface area (Å²) in [6.45, 7) is 3.99. The molecule has 9 nitrogen and oxygen atoms in total. The number of carbonyl (C=O) groups is 1. The fraction of sp³-hybridized carbons (Fsp3) is 0.227. The van der Waals surface area contributed by atoms with Crippen molar-refractivity contribution in [3.05, 3.63) is 53.9 Å². The molecular weight excluding hydrogens is 432 g/mol. The number of phenols is 1. The van der Waals surface area contributed by atoms with Crippen LogP contribution in [0, 0.1) is 6.92 Å². The Labute approximate surface area is 189 Å². The van der Waals surface area contributed by atoms with Crippen molar-refractivity contribution in [2.45, 2.75) is 13.8 Å². The van der Waals surface area contributed by atoms with Crippen molar-refractivity contribution in [2.75, 3.05) is 20.0 Å². The number of aromatic nitrogens is 2. The van der Waals surface area contributed by atoms with Gasteiger partial charge < -0.3 is 19.1 Å². The zero-order chi connectivity index (χ0) is 23.1. The van der Waals surface area contributed by atoms with Crippen molar-refractivity contribution < 1.29 is 23.9 Å². The van der Waals surface area contributed by atoms with Gasteiger partial charge in [0.05, 0.1) is 19.4 Å². The number of ether oxygens (including phenoxy) is 2. The zero-order valence-corrected chi connectivity index (χ0v) is 18.8. The maximum Gasteiger partial charge on any atom is 0.434 e. The lowest BCUT2D eigenvalue weighted by atomic mass is 10.1. The van der Waals surface area contributed by atoms with Crippen LogP contribution >= 0.6 is 11.8 Å². The summed E-state index contributed by atoms with van der Waals surface area (Å²) < 4.78 is 15.2. The van der Waals surface area contributed by atoms with Crippen LogP contribution in [0.15, 0.2) is 57.0 Å². The number of aryl methyl sites for hydroxylation is 1. The van der Waals surface area contributed by atoms with Gasteiger partial charge in [0.1, 0.15) is 22.3 Å². The Morgan fingerprint density at radius 1 is 1.22 bits per heavy atom. The summed E-state index contributed by atoms with van der Waals surface area (Å²) in [5, 5.41) is 14.4. The fourth-order valence-electron chi connectivity index (χ4n) is 2.76. The molecule has 0 radical (unpaired) electrons. The molecule has 0 saturated carbocycles. The molecule has 32 heavy (non-hydrogen) atoms. The number of benzene rings is 2. The molecule has 0 saturated heterocycles. The molecular formula is C22H22N4O5S. The maximum absolute atomic E-state index is 11.8. The zero-order valence-electron chi connectivity index (χ0n) is 18.0. The van der Waals surface area contributed by atoms with Crippen LogP contribution in [0.5, 0.6) is 11.5 Å². The molecule has 1 amide bonds. The van der Waals surface area contributed by atoms with E-state index in [1.165, 1.54) is 31.0 Å². The van der Waals surface area contributed by atoms with E-state index in [1.807, 2.05) is 19.1 Å². The van der Waals surface area contributed by atoms with Crippen LogP contribution in [-0.4, -0.2) is 52.1 Å². The molecule has 1 N–H and O–H groups in total. The second kappa shape index (κ2) is 10.6. The average Bonchev–Trinajstić information content (AvgIpc) is 3.22. The van der Waals surface area contributed by atoms with E-state index in [9.17, 15) is 9.90 Å². The maximum atomic E-state index is 11.8. The van der Waals surface area contributed by atoms with Crippen molar-refractivity contribution in [1.29, 1.82) is 0 Å². The average molecular weight is 455 g/mol. The SMILES string of the molecule is CCOc1cc(O)cc(C(=N\c2ccc(-c3noc(C)n3)cc2)/C(=N/C(=O)OC)SC)c1. The molecule has 0 spiro atoms. The van der Waals surface area contributed by atoms with Gasteiger partial charge >= 0.3 is 6.09 Å². The molecule has 3 rings (SSSR count). The van der Waals surface area contributed by atoms with Gasteiger partial charge in [-0.1, -0.05) is 5.16 Å². The highest BCUT2D eigenvalue weighted by Crippen LogP contribution is 2.27. The van der Waals surface area contributed by atoms with E-state index in [2.05, 4.69) is 19.9 Å². The third-order valence-electron chi connectivity index (χ3n) is 4.13. The summed E-state index contributed by atoms with van der Waals surface area (Å²) in [5.41, 5.74) is 2.27. The number of hydrogen-bond donors (Lipinski definition) is 1. The molecule has 0 aliphatic heterocycles. The van der Waals surface area contributed by atoms with Crippen LogP contribution in [0.1, 0.15) is 18.4 Å². The number of nitrogens with zero attached hydrogens (tertiary/aromatic N) is 4. The number of rotatable bonds is 6. The first kappa shape index (κ1) is 23.0. The van der Waals surface area contributed by atoms with Crippen molar-refractivity contribution in [3.8, 4) is 22.9 Å². The number of hydrogen-bond acceptors (Lipinski definition) is 9. The largest absolute Gasteiger partial charge is 0.508 e. The van der Waals surface area contributed by atoms with Crippen LogP contribution in [0.3, 0.4) is 0 Å². The van der Waals surface area contributed by atoms with Gasteiger partial charge in [-0.25, -0.2) is 9.79 Å². The van der Waals surface area contributed by atoms with Crippen molar-refractivity contribution >= 4 is 34.3 Å². The molecule has 1 heterocycles. The molecule has 0 unspecified atom stereocenters. The first-order chi connectivity index (χ1) is 15.4. The van der Waals surface area contributed by atoms with Gasteiger partial charge in [0.15, 0.2) is 0 Å². The van der Waals surface area contributed by atoms with Gasteiger partial charge in [0.25, 0.3) is 0 Å². The topological polar surface area (TPSA) is 119 Å². The highest BCUT2D eigenvalue weighted by atomic mass is 32.2. The third kappa shape index (κ3) is 5.73. The van der Waals surface area contributed by atoms with Gasteiger partial charge in [-0.3, -0.25) is 0 Å². The first-order valence-electron chi connectivity index (χ1n) is 9.61. The first-order valence-corrected chi connectivity index (χ1v) is 10.8. The number of amides is 1. The Bertz CT molecular complexity index is 1160. The van der Waals surface area contributed by atoms with Gasteiger partial charge in [-0.05, 0) is 49.6 Å². The minimum Gasteiger partial charge on any atom is -0.508 e. The minimum atomic E-state index is -0.755. The Hall–Kier alpha value is -3.66. The lowest BCUT2D eigenvalue weighted by Gasteiger charge is -2.11. The minimum absolute atomic E-state index is 0.00000425. The molecule has 3 aromatic rings. The van der Waals surface area contributed by atoms with E-state index in [4.69, 9.17) is 14.3 Å². The quantitative estimate of drug-likeness (QED) is 0.417.